The molecule has 0 saturated carbocycles. The molecular weight excluding hydrogens is 318 g/mol. The van der Waals surface area contributed by atoms with Gasteiger partial charge >= 0.3 is 5.69 Å². The van der Waals surface area contributed by atoms with Crippen LogP contribution in [0, 0.1) is 13.8 Å². The lowest BCUT2D eigenvalue weighted by Crippen LogP contribution is -2.39. The summed E-state index contributed by atoms with van der Waals surface area (Å²) in [5.41, 5.74) is 2.51. The fourth-order valence-electron chi connectivity index (χ4n) is 3.50. The minimum Gasteiger partial charge on any atom is -0.311 e. The zero-order valence-corrected chi connectivity index (χ0v) is 16.0. The van der Waals surface area contributed by atoms with Crippen molar-refractivity contribution in [2.24, 2.45) is 7.05 Å². The fraction of sp³-hybridized carbons (Fsp3) is 0.611. The summed E-state index contributed by atoms with van der Waals surface area (Å²) < 4.78 is 6.92. The highest BCUT2D eigenvalue weighted by molar-refractivity contribution is 5.76. The van der Waals surface area contributed by atoms with Crippen LogP contribution in [-0.4, -0.2) is 23.1 Å². The molecule has 1 atom stereocenters. The lowest BCUT2D eigenvalue weighted by molar-refractivity contribution is 0.532. The average Bonchev–Trinajstić information content (AvgIpc) is 3.09. The highest BCUT2D eigenvalue weighted by atomic mass is 16.2. The summed E-state index contributed by atoms with van der Waals surface area (Å²) >= 11 is 0. The summed E-state index contributed by atoms with van der Waals surface area (Å²) in [6.07, 6.45) is 2.69. The minimum atomic E-state index is -0.295. The molecule has 3 rings (SSSR count). The van der Waals surface area contributed by atoms with Crippen LogP contribution in [0.3, 0.4) is 0 Å². The van der Waals surface area contributed by atoms with Crippen LogP contribution in [0.1, 0.15) is 57.5 Å². The standard InChI is InChI=1S/C18H27N5O2/c1-7-9-10-21-16(24)14-15(20(6)18(21)25)19-17-22(11(3)8-2)12(4)13(5)23(14)17/h11H,7-10H2,1-6H3/t11-/m0/s1. The predicted octanol–water partition coefficient (Wildman–Crippen LogP) is 2.54. The van der Waals surface area contributed by atoms with Gasteiger partial charge in [0.05, 0.1) is 0 Å². The third-order valence-electron chi connectivity index (χ3n) is 5.33. The van der Waals surface area contributed by atoms with Gasteiger partial charge in [0.1, 0.15) is 0 Å². The highest BCUT2D eigenvalue weighted by Crippen LogP contribution is 2.25. The van der Waals surface area contributed by atoms with E-state index in [1.807, 2.05) is 18.2 Å². The van der Waals surface area contributed by atoms with E-state index in [4.69, 9.17) is 0 Å². The summed E-state index contributed by atoms with van der Waals surface area (Å²) in [7, 11) is 1.69. The third kappa shape index (κ3) is 2.36. The second-order valence-corrected chi connectivity index (χ2v) is 6.87. The maximum absolute atomic E-state index is 13.1. The molecule has 0 unspecified atom stereocenters. The fourth-order valence-corrected chi connectivity index (χ4v) is 3.50. The van der Waals surface area contributed by atoms with Gasteiger partial charge in [0.2, 0.25) is 5.78 Å². The first kappa shape index (κ1) is 17.5. The van der Waals surface area contributed by atoms with E-state index in [1.165, 1.54) is 9.13 Å². The summed E-state index contributed by atoms with van der Waals surface area (Å²) in [4.78, 5) is 30.4. The van der Waals surface area contributed by atoms with Crippen LogP contribution in [0.2, 0.25) is 0 Å². The minimum absolute atomic E-state index is 0.247. The Morgan fingerprint density at radius 1 is 1.12 bits per heavy atom. The van der Waals surface area contributed by atoms with E-state index in [-0.39, 0.29) is 17.3 Å². The molecule has 0 fully saturated rings. The number of imidazole rings is 2. The molecule has 0 aliphatic carbocycles. The zero-order chi connectivity index (χ0) is 18.5. The monoisotopic (exact) mass is 345 g/mol. The molecule has 0 aliphatic rings. The Morgan fingerprint density at radius 3 is 2.40 bits per heavy atom. The van der Waals surface area contributed by atoms with Gasteiger partial charge in [-0.2, -0.15) is 4.98 Å². The molecule has 3 aromatic heterocycles. The molecule has 3 aromatic rings. The van der Waals surface area contributed by atoms with Crippen LogP contribution in [0.4, 0.5) is 0 Å². The number of aromatic nitrogens is 5. The highest BCUT2D eigenvalue weighted by Gasteiger charge is 2.23. The molecule has 7 heteroatoms. The Balaban J connectivity index is 2.49. The molecule has 0 spiro atoms. The van der Waals surface area contributed by atoms with Crippen LogP contribution in [0.15, 0.2) is 9.59 Å². The van der Waals surface area contributed by atoms with Crippen molar-refractivity contribution in [2.75, 3.05) is 0 Å². The van der Waals surface area contributed by atoms with Crippen molar-refractivity contribution in [1.29, 1.82) is 0 Å². The second kappa shape index (κ2) is 6.20. The van der Waals surface area contributed by atoms with Crippen LogP contribution < -0.4 is 11.2 Å². The van der Waals surface area contributed by atoms with Gasteiger partial charge in [-0.1, -0.05) is 20.3 Å². The molecule has 25 heavy (non-hydrogen) atoms. The normalized spacial score (nSPS) is 13.2. The number of rotatable bonds is 5. The van der Waals surface area contributed by atoms with E-state index in [0.29, 0.717) is 17.7 Å². The molecular formula is C18H27N5O2. The van der Waals surface area contributed by atoms with E-state index in [1.54, 1.807) is 7.05 Å². The van der Waals surface area contributed by atoms with E-state index < -0.39 is 0 Å². The quantitative estimate of drug-likeness (QED) is 0.714. The molecule has 0 bridgehead atoms. The summed E-state index contributed by atoms with van der Waals surface area (Å²) in [6.45, 7) is 10.8. The van der Waals surface area contributed by atoms with Gasteiger partial charge in [-0.15, -0.1) is 0 Å². The van der Waals surface area contributed by atoms with E-state index in [9.17, 15) is 9.59 Å². The van der Waals surface area contributed by atoms with Crippen molar-refractivity contribution >= 4 is 16.9 Å². The van der Waals surface area contributed by atoms with Crippen LogP contribution >= 0.6 is 0 Å². The van der Waals surface area contributed by atoms with E-state index in [2.05, 4.69) is 30.3 Å². The lowest BCUT2D eigenvalue weighted by atomic mass is 10.2. The number of hydrogen-bond acceptors (Lipinski definition) is 3. The average molecular weight is 345 g/mol. The number of aryl methyl sites for hydroxylation is 2. The van der Waals surface area contributed by atoms with Crippen LogP contribution in [0.5, 0.6) is 0 Å². The van der Waals surface area contributed by atoms with Crippen LogP contribution in [-0.2, 0) is 13.6 Å². The lowest BCUT2D eigenvalue weighted by Gasteiger charge is -2.13. The van der Waals surface area contributed by atoms with E-state index in [0.717, 1.165) is 36.4 Å². The SMILES string of the molecule is CCCCn1c(=O)c2c(nc3n([C@@H](C)CC)c(C)c(C)n23)n(C)c1=O. The number of hydrogen-bond donors (Lipinski definition) is 0. The van der Waals surface area contributed by atoms with Gasteiger partial charge in [0, 0.05) is 31.0 Å². The topological polar surface area (TPSA) is 66.2 Å². The molecule has 0 aliphatic heterocycles. The predicted molar refractivity (Wildman–Crippen MR) is 99.6 cm³/mol. The van der Waals surface area contributed by atoms with Gasteiger partial charge < -0.3 is 4.57 Å². The number of unbranched alkanes of at least 4 members (excludes halogenated alkanes) is 1. The van der Waals surface area contributed by atoms with E-state index >= 15 is 0 Å². The largest absolute Gasteiger partial charge is 0.332 e. The van der Waals surface area contributed by atoms with Crippen molar-refractivity contribution in [3.05, 3.63) is 32.2 Å². The number of fused-ring (bicyclic) bond motifs is 3. The summed E-state index contributed by atoms with van der Waals surface area (Å²) in [6, 6.07) is 0.271. The Labute approximate surface area is 146 Å². The third-order valence-corrected chi connectivity index (χ3v) is 5.33. The summed E-state index contributed by atoms with van der Waals surface area (Å²) in [5.74, 6) is 0.736. The first-order chi connectivity index (χ1) is 11.8. The van der Waals surface area contributed by atoms with Crippen molar-refractivity contribution in [3.63, 3.8) is 0 Å². The van der Waals surface area contributed by atoms with Crippen LogP contribution in [0.25, 0.3) is 16.9 Å². The molecule has 7 nitrogen and oxygen atoms in total. The van der Waals surface area contributed by atoms with Gasteiger partial charge in [0.15, 0.2) is 11.2 Å². The van der Waals surface area contributed by atoms with Crippen molar-refractivity contribution in [3.8, 4) is 0 Å². The van der Waals surface area contributed by atoms with Crippen molar-refractivity contribution in [2.45, 2.75) is 66.5 Å². The number of nitrogens with zero attached hydrogens (tertiary/aromatic N) is 5. The Hall–Kier alpha value is -2.31. The maximum atomic E-state index is 13.1. The van der Waals surface area contributed by atoms with Gasteiger partial charge in [-0.3, -0.25) is 18.3 Å². The molecule has 0 N–H and O–H groups in total. The first-order valence-electron chi connectivity index (χ1n) is 9.04. The molecule has 0 amide bonds. The van der Waals surface area contributed by atoms with Gasteiger partial charge in [0.25, 0.3) is 5.56 Å². The van der Waals surface area contributed by atoms with Gasteiger partial charge in [-0.25, -0.2) is 4.79 Å². The maximum Gasteiger partial charge on any atom is 0.332 e. The molecule has 0 radical (unpaired) electrons. The Kier molecular flexibility index (Phi) is 4.34. The molecule has 0 saturated heterocycles. The molecule has 136 valence electrons. The molecule has 3 heterocycles. The first-order valence-corrected chi connectivity index (χ1v) is 9.04. The summed E-state index contributed by atoms with van der Waals surface area (Å²) in [5, 5.41) is 0. The van der Waals surface area contributed by atoms with Crippen molar-refractivity contribution < 1.29 is 0 Å². The smallest absolute Gasteiger partial charge is 0.311 e. The second-order valence-electron chi connectivity index (χ2n) is 6.87. The Morgan fingerprint density at radius 2 is 1.80 bits per heavy atom. The zero-order valence-electron chi connectivity index (χ0n) is 16.0. The van der Waals surface area contributed by atoms with Crippen molar-refractivity contribution in [1.82, 2.24) is 23.1 Å². The Bertz CT molecular complexity index is 1060. The molecule has 0 aromatic carbocycles. The van der Waals surface area contributed by atoms with Gasteiger partial charge in [-0.05, 0) is 33.6 Å².